The zero-order chi connectivity index (χ0) is 26.2. The summed E-state index contributed by atoms with van der Waals surface area (Å²) >= 11 is 1.63. The molecule has 1 saturated heterocycles. The SMILES string of the molecule is CSCC[C@H](NC(=O)[C@@H]1Cc2c([nH]c3ccccc23)C2c3ccccc3C(=O)N21)C(=O)NCC1CCCO1. The maximum Gasteiger partial charge on any atom is 0.255 e. The van der Waals surface area contributed by atoms with Crippen LogP contribution in [-0.4, -0.2) is 71.0 Å². The fourth-order valence-electron chi connectivity index (χ4n) is 6.05. The van der Waals surface area contributed by atoms with E-state index in [2.05, 4.69) is 21.7 Å². The number of carbonyl (C=O) groups is 3. The van der Waals surface area contributed by atoms with Gasteiger partial charge in [0.05, 0.1) is 12.1 Å². The predicted octanol–water partition coefficient (Wildman–Crippen LogP) is 3.17. The van der Waals surface area contributed by atoms with E-state index in [4.69, 9.17) is 4.74 Å². The number of H-pyrrole nitrogens is 1. The monoisotopic (exact) mass is 532 g/mol. The quantitative estimate of drug-likeness (QED) is 0.414. The third kappa shape index (κ3) is 4.37. The van der Waals surface area contributed by atoms with Crippen molar-refractivity contribution >= 4 is 40.4 Å². The average molecular weight is 533 g/mol. The summed E-state index contributed by atoms with van der Waals surface area (Å²) in [6.45, 7) is 1.16. The first-order chi connectivity index (χ1) is 18.6. The lowest BCUT2D eigenvalue weighted by Gasteiger charge is -2.37. The number of carbonyl (C=O) groups excluding carboxylic acids is 3. The number of hydrogen-bond donors (Lipinski definition) is 3. The van der Waals surface area contributed by atoms with Crippen LogP contribution in [0.25, 0.3) is 10.9 Å². The molecule has 0 radical (unpaired) electrons. The van der Waals surface area contributed by atoms with Crippen molar-refractivity contribution in [2.75, 3.05) is 25.2 Å². The molecule has 6 rings (SSSR count). The normalized spacial score (nSPS) is 22.6. The topological polar surface area (TPSA) is 104 Å². The Hall–Kier alpha value is -3.30. The van der Waals surface area contributed by atoms with Gasteiger partial charge in [-0.3, -0.25) is 14.4 Å². The summed E-state index contributed by atoms with van der Waals surface area (Å²) < 4.78 is 5.64. The Morgan fingerprint density at radius 3 is 2.82 bits per heavy atom. The third-order valence-corrected chi connectivity index (χ3v) is 8.57. The molecule has 8 nitrogen and oxygen atoms in total. The van der Waals surface area contributed by atoms with Crippen molar-refractivity contribution in [1.82, 2.24) is 20.5 Å². The van der Waals surface area contributed by atoms with Gasteiger partial charge in [0.2, 0.25) is 11.8 Å². The van der Waals surface area contributed by atoms with Crippen LogP contribution in [0.4, 0.5) is 0 Å². The Kier molecular flexibility index (Phi) is 6.88. The number of thioether (sulfide) groups is 1. The first-order valence-corrected chi connectivity index (χ1v) is 14.7. The van der Waals surface area contributed by atoms with Gasteiger partial charge in [0, 0.05) is 41.7 Å². The van der Waals surface area contributed by atoms with Gasteiger partial charge in [0.25, 0.3) is 5.91 Å². The molecular weight excluding hydrogens is 500 g/mol. The fourth-order valence-corrected chi connectivity index (χ4v) is 6.52. The van der Waals surface area contributed by atoms with Crippen LogP contribution in [0, 0.1) is 0 Å². The highest BCUT2D eigenvalue weighted by Gasteiger charge is 2.49. The van der Waals surface area contributed by atoms with Crippen LogP contribution in [0.5, 0.6) is 0 Å². The minimum absolute atomic E-state index is 0.0240. The standard InChI is InChI=1S/C29H32N4O4S/c1-38-14-12-23(27(34)30-16-17-7-6-13-37-17)32-28(35)24-15-21-18-8-4-5-11-22(18)31-25(21)26-19-9-2-3-10-20(19)29(36)33(24)26/h2-5,8-11,17,23-24,26,31H,6-7,12-16H2,1H3,(H,30,34)(H,32,35)/t17?,23-,24-,26?/m0/s1. The van der Waals surface area contributed by atoms with Gasteiger partial charge in [0.1, 0.15) is 12.1 Å². The Morgan fingerprint density at radius 1 is 1.18 bits per heavy atom. The summed E-state index contributed by atoms with van der Waals surface area (Å²) in [5, 5.41) is 7.05. The molecule has 4 atom stereocenters. The van der Waals surface area contributed by atoms with Gasteiger partial charge in [0.15, 0.2) is 0 Å². The summed E-state index contributed by atoms with van der Waals surface area (Å²) in [6.07, 6.45) is 4.82. The number of fused-ring (bicyclic) bond motifs is 7. The molecule has 3 N–H and O–H groups in total. The molecule has 38 heavy (non-hydrogen) atoms. The summed E-state index contributed by atoms with van der Waals surface area (Å²) in [7, 11) is 0. The lowest BCUT2D eigenvalue weighted by molar-refractivity contribution is -0.132. The molecule has 198 valence electrons. The molecule has 0 bridgehead atoms. The molecule has 1 aromatic heterocycles. The number of ether oxygens (including phenoxy) is 1. The first-order valence-electron chi connectivity index (χ1n) is 13.3. The smallest absolute Gasteiger partial charge is 0.255 e. The minimum atomic E-state index is -0.727. The zero-order valence-electron chi connectivity index (χ0n) is 21.4. The number of benzene rings is 2. The van der Waals surface area contributed by atoms with E-state index in [0.717, 1.165) is 52.9 Å². The highest BCUT2D eigenvalue weighted by atomic mass is 32.2. The van der Waals surface area contributed by atoms with E-state index in [1.54, 1.807) is 16.7 Å². The van der Waals surface area contributed by atoms with E-state index in [0.29, 0.717) is 24.9 Å². The van der Waals surface area contributed by atoms with Gasteiger partial charge < -0.3 is 25.3 Å². The van der Waals surface area contributed by atoms with Gasteiger partial charge in [-0.2, -0.15) is 11.8 Å². The van der Waals surface area contributed by atoms with Crippen LogP contribution in [0.2, 0.25) is 0 Å². The second kappa shape index (κ2) is 10.5. The van der Waals surface area contributed by atoms with E-state index >= 15 is 0 Å². The van der Waals surface area contributed by atoms with Crippen LogP contribution in [0.1, 0.15) is 52.5 Å². The first kappa shape index (κ1) is 25.0. The van der Waals surface area contributed by atoms with E-state index in [1.165, 1.54) is 0 Å². The van der Waals surface area contributed by atoms with Crippen LogP contribution >= 0.6 is 11.8 Å². The predicted molar refractivity (Wildman–Crippen MR) is 147 cm³/mol. The van der Waals surface area contributed by atoms with Crippen molar-refractivity contribution in [1.29, 1.82) is 0 Å². The Morgan fingerprint density at radius 2 is 2.00 bits per heavy atom. The van der Waals surface area contributed by atoms with Crippen LogP contribution in [0.15, 0.2) is 48.5 Å². The van der Waals surface area contributed by atoms with E-state index < -0.39 is 12.1 Å². The van der Waals surface area contributed by atoms with Gasteiger partial charge in [-0.05, 0) is 54.5 Å². The summed E-state index contributed by atoms with van der Waals surface area (Å²) in [4.78, 5) is 46.0. The Balaban J connectivity index is 1.30. The Bertz CT molecular complexity index is 1380. The van der Waals surface area contributed by atoms with Crippen molar-refractivity contribution in [2.45, 2.75) is 49.9 Å². The largest absolute Gasteiger partial charge is 0.376 e. The summed E-state index contributed by atoms with van der Waals surface area (Å²) in [6, 6.07) is 13.8. The second-order valence-corrected chi connectivity index (χ2v) is 11.2. The van der Waals surface area contributed by atoms with Gasteiger partial charge in [-0.15, -0.1) is 0 Å². The summed E-state index contributed by atoms with van der Waals surface area (Å²) in [5.74, 6) is 0.0646. The summed E-state index contributed by atoms with van der Waals surface area (Å²) in [5.41, 5.74) is 4.52. The van der Waals surface area contributed by atoms with Crippen LogP contribution in [0.3, 0.4) is 0 Å². The average Bonchev–Trinajstić information content (AvgIpc) is 3.66. The van der Waals surface area contributed by atoms with Gasteiger partial charge in [-0.1, -0.05) is 36.4 Å². The molecule has 3 aliphatic heterocycles. The lowest BCUT2D eigenvalue weighted by atomic mass is 9.89. The number of rotatable bonds is 8. The van der Waals surface area contributed by atoms with Crippen molar-refractivity contribution in [2.24, 2.45) is 0 Å². The van der Waals surface area contributed by atoms with Gasteiger partial charge in [-0.25, -0.2) is 0 Å². The van der Waals surface area contributed by atoms with Crippen molar-refractivity contribution in [3.05, 3.63) is 70.9 Å². The number of para-hydroxylation sites is 1. The molecule has 0 spiro atoms. The molecule has 3 aromatic rings. The van der Waals surface area contributed by atoms with Crippen LogP contribution in [-0.2, 0) is 20.7 Å². The number of aromatic nitrogens is 1. The molecule has 9 heteroatoms. The molecular formula is C29H32N4O4S. The number of aromatic amines is 1. The fraction of sp³-hybridized carbons (Fsp3) is 0.414. The number of nitrogens with zero attached hydrogens (tertiary/aromatic N) is 1. The number of nitrogens with one attached hydrogen (secondary N) is 3. The van der Waals surface area contributed by atoms with Crippen molar-refractivity contribution in [3.8, 4) is 0 Å². The van der Waals surface area contributed by atoms with E-state index in [-0.39, 0.29) is 29.9 Å². The van der Waals surface area contributed by atoms with E-state index in [9.17, 15) is 14.4 Å². The molecule has 0 saturated carbocycles. The van der Waals surface area contributed by atoms with Gasteiger partial charge >= 0.3 is 0 Å². The molecule has 1 fully saturated rings. The second-order valence-electron chi connectivity index (χ2n) is 10.2. The van der Waals surface area contributed by atoms with Crippen molar-refractivity contribution < 1.29 is 19.1 Å². The van der Waals surface area contributed by atoms with Crippen LogP contribution < -0.4 is 10.6 Å². The third-order valence-electron chi connectivity index (χ3n) is 7.93. The number of hydrogen-bond acceptors (Lipinski definition) is 5. The lowest BCUT2D eigenvalue weighted by Crippen LogP contribution is -2.57. The maximum atomic E-state index is 13.9. The maximum absolute atomic E-state index is 13.9. The highest BCUT2D eigenvalue weighted by Crippen LogP contribution is 2.46. The molecule has 3 aliphatic rings. The number of amides is 3. The Labute approximate surface area is 225 Å². The molecule has 3 amide bonds. The minimum Gasteiger partial charge on any atom is -0.376 e. The molecule has 2 unspecified atom stereocenters. The van der Waals surface area contributed by atoms with E-state index in [1.807, 2.05) is 48.7 Å². The molecule has 2 aromatic carbocycles. The molecule has 4 heterocycles. The highest BCUT2D eigenvalue weighted by molar-refractivity contribution is 7.98. The molecule has 0 aliphatic carbocycles. The zero-order valence-corrected chi connectivity index (χ0v) is 22.2. The van der Waals surface area contributed by atoms with Crippen molar-refractivity contribution in [3.63, 3.8) is 0 Å².